The molecular formula is C27H29N3O. The van der Waals surface area contributed by atoms with Crippen molar-refractivity contribution in [2.45, 2.75) is 46.2 Å². The Labute approximate surface area is 183 Å². The topological polar surface area (TPSA) is 46.9 Å². The van der Waals surface area contributed by atoms with Gasteiger partial charge in [-0.05, 0) is 56.0 Å². The first-order valence-corrected chi connectivity index (χ1v) is 10.9. The summed E-state index contributed by atoms with van der Waals surface area (Å²) in [4.78, 5) is 17.5. The van der Waals surface area contributed by atoms with Crippen molar-refractivity contribution >= 4 is 16.9 Å². The van der Waals surface area contributed by atoms with E-state index in [1.807, 2.05) is 43.3 Å². The summed E-state index contributed by atoms with van der Waals surface area (Å²) in [5.41, 5.74) is 6.99. The first kappa shape index (κ1) is 20.9. The molecule has 3 aromatic carbocycles. The van der Waals surface area contributed by atoms with E-state index in [-0.39, 0.29) is 11.9 Å². The molecule has 0 radical (unpaired) electrons. The number of carbonyl (C=O) groups is 1. The van der Waals surface area contributed by atoms with Crippen LogP contribution in [0.5, 0.6) is 0 Å². The van der Waals surface area contributed by atoms with Crippen molar-refractivity contribution < 1.29 is 4.79 Å². The van der Waals surface area contributed by atoms with E-state index < -0.39 is 0 Å². The quantitative estimate of drug-likeness (QED) is 0.436. The molecule has 1 aromatic heterocycles. The Morgan fingerprint density at radius 3 is 2.55 bits per heavy atom. The van der Waals surface area contributed by atoms with E-state index in [0.717, 1.165) is 29.8 Å². The van der Waals surface area contributed by atoms with Gasteiger partial charge in [0.1, 0.15) is 5.82 Å². The molecule has 0 aliphatic rings. The van der Waals surface area contributed by atoms with Gasteiger partial charge in [-0.2, -0.15) is 0 Å². The van der Waals surface area contributed by atoms with Gasteiger partial charge in [-0.3, -0.25) is 4.79 Å². The molecule has 1 heterocycles. The summed E-state index contributed by atoms with van der Waals surface area (Å²) in [6.45, 7) is 7.00. The first-order valence-electron chi connectivity index (χ1n) is 10.9. The lowest BCUT2D eigenvalue weighted by atomic mass is 10.1. The van der Waals surface area contributed by atoms with Crippen LogP contribution in [0.2, 0.25) is 0 Å². The number of nitrogens with zero attached hydrogens (tertiary/aromatic N) is 2. The second kappa shape index (κ2) is 9.17. The van der Waals surface area contributed by atoms with Crippen molar-refractivity contribution in [3.05, 3.63) is 101 Å². The van der Waals surface area contributed by atoms with Crippen LogP contribution in [0.3, 0.4) is 0 Å². The summed E-state index contributed by atoms with van der Waals surface area (Å²) in [7, 11) is 0. The average Bonchev–Trinajstić information content (AvgIpc) is 3.14. The Balaban J connectivity index is 1.57. The second-order valence-electron chi connectivity index (χ2n) is 8.25. The number of fused-ring (bicyclic) bond motifs is 1. The Morgan fingerprint density at radius 1 is 1.00 bits per heavy atom. The smallest absolute Gasteiger partial charge is 0.220 e. The number of hydrogen-bond donors (Lipinski definition) is 1. The number of imidazole rings is 1. The summed E-state index contributed by atoms with van der Waals surface area (Å²) >= 11 is 0. The van der Waals surface area contributed by atoms with Crippen LogP contribution in [0.15, 0.2) is 72.8 Å². The van der Waals surface area contributed by atoms with Crippen molar-refractivity contribution in [3.8, 4) is 0 Å². The molecule has 31 heavy (non-hydrogen) atoms. The second-order valence-corrected chi connectivity index (χ2v) is 8.25. The van der Waals surface area contributed by atoms with Gasteiger partial charge in [0.25, 0.3) is 0 Å². The van der Waals surface area contributed by atoms with Crippen LogP contribution in [0, 0.1) is 13.8 Å². The molecule has 4 heteroatoms. The highest BCUT2D eigenvalue weighted by molar-refractivity contribution is 5.78. The molecule has 0 bridgehead atoms. The summed E-state index contributed by atoms with van der Waals surface area (Å²) < 4.78 is 2.24. The third kappa shape index (κ3) is 4.85. The van der Waals surface area contributed by atoms with Crippen molar-refractivity contribution in [1.29, 1.82) is 0 Å². The summed E-state index contributed by atoms with van der Waals surface area (Å²) in [5.74, 6) is 0.928. The predicted molar refractivity (Wildman–Crippen MR) is 126 cm³/mol. The van der Waals surface area contributed by atoms with Crippen LogP contribution in [0.1, 0.15) is 47.5 Å². The number of aromatic nitrogens is 2. The van der Waals surface area contributed by atoms with E-state index in [4.69, 9.17) is 4.98 Å². The molecule has 1 N–H and O–H groups in total. The number of rotatable bonds is 7. The number of benzene rings is 3. The number of hydrogen-bond acceptors (Lipinski definition) is 2. The van der Waals surface area contributed by atoms with E-state index in [9.17, 15) is 4.79 Å². The maximum Gasteiger partial charge on any atom is 0.220 e. The predicted octanol–water partition coefficient (Wildman–Crippen LogP) is 5.51. The summed E-state index contributed by atoms with van der Waals surface area (Å²) in [5, 5.41) is 3.16. The number of amides is 1. The van der Waals surface area contributed by atoms with Gasteiger partial charge in [0.2, 0.25) is 5.91 Å². The zero-order valence-electron chi connectivity index (χ0n) is 18.4. The Morgan fingerprint density at radius 2 is 1.74 bits per heavy atom. The number of para-hydroxylation sites is 2. The lowest BCUT2D eigenvalue weighted by Crippen LogP contribution is -2.29. The molecule has 0 saturated carbocycles. The van der Waals surface area contributed by atoms with E-state index in [2.05, 4.69) is 60.1 Å². The zero-order chi connectivity index (χ0) is 21.8. The van der Waals surface area contributed by atoms with Crippen molar-refractivity contribution in [2.75, 3.05) is 0 Å². The van der Waals surface area contributed by atoms with Gasteiger partial charge in [-0.1, -0.05) is 66.2 Å². The van der Waals surface area contributed by atoms with Gasteiger partial charge < -0.3 is 9.88 Å². The monoisotopic (exact) mass is 411 g/mol. The van der Waals surface area contributed by atoms with Gasteiger partial charge in [0, 0.05) is 13.0 Å². The minimum Gasteiger partial charge on any atom is -0.346 e. The van der Waals surface area contributed by atoms with E-state index in [1.165, 1.54) is 22.3 Å². The molecule has 158 valence electrons. The molecule has 0 saturated heterocycles. The van der Waals surface area contributed by atoms with Gasteiger partial charge >= 0.3 is 0 Å². The summed E-state index contributed by atoms with van der Waals surface area (Å²) in [6.07, 6.45) is 1.20. The molecule has 4 rings (SSSR count). The Hall–Kier alpha value is -3.40. The highest BCUT2D eigenvalue weighted by atomic mass is 16.1. The maximum absolute atomic E-state index is 12.6. The first-order chi connectivity index (χ1) is 15.0. The van der Waals surface area contributed by atoms with Crippen LogP contribution in [0.25, 0.3) is 11.0 Å². The highest BCUT2D eigenvalue weighted by Gasteiger charge is 2.19. The molecule has 1 amide bonds. The van der Waals surface area contributed by atoms with Crippen LogP contribution in [-0.4, -0.2) is 15.5 Å². The van der Waals surface area contributed by atoms with Crippen molar-refractivity contribution in [3.63, 3.8) is 0 Å². The minimum atomic E-state index is -0.180. The highest BCUT2D eigenvalue weighted by Crippen LogP contribution is 2.24. The molecular weight excluding hydrogens is 382 g/mol. The maximum atomic E-state index is 12.6. The largest absolute Gasteiger partial charge is 0.346 e. The van der Waals surface area contributed by atoms with Crippen LogP contribution in [0.4, 0.5) is 0 Å². The number of nitrogens with one attached hydrogen (secondary N) is 1. The summed E-state index contributed by atoms with van der Waals surface area (Å²) in [6, 6.07) is 24.6. The van der Waals surface area contributed by atoms with Gasteiger partial charge in [-0.25, -0.2) is 4.98 Å². The van der Waals surface area contributed by atoms with Crippen molar-refractivity contribution in [2.24, 2.45) is 0 Å². The van der Waals surface area contributed by atoms with Gasteiger partial charge in [0.15, 0.2) is 0 Å². The molecule has 4 nitrogen and oxygen atoms in total. The van der Waals surface area contributed by atoms with Crippen LogP contribution < -0.4 is 5.32 Å². The van der Waals surface area contributed by atoms with Crippen molar-refractivity contribution in [1.82, 2.24) is 14.9 Å². The van der Waals surface area contributed by atoms with E-state index >= 15 is 0 Å². The lowest BCUT2D eigenvalue weighted by Gasteiger charge is -2.17. The van der Waals surface area contributed by atoms with Crippen LogP contribution in [-0.2, 0) is 17.8 Å². The third-order valence-corrected chi connectivity index (χ3v) is 5.77. The lowest BCUT2D eigenvalue weighted by molar-refractivity contribution is -0.121. The number of carbonyl (C=O) groups excluding carboxylic acids is 1. The Kier molecular flexibility index (Phi) is 6.17. The van der Waals surface area contributed by atoms with Crippen LogP contribution >= 0.6 is 0 Å². The zero-order valence-corrected chi connectivity index (χ0v) is 18.4. The molecule has 0 fully saturated rings. The van der Waals surface area contributed by atoms with E-state index in [1.54, 1.807) is 0 Å². The standard InChI is InChI=1S/C27H29N3O/c1-19-13-14-20(2)23(17-19)18-30-25-12-8-7-11-24(25)29-27(30)21(3)28-26(31)16-15-22-9-5-4-6-10-22/h4-14,17,21H,15-16,18H2,1-3H3,(H,28,31). The minimum absolute atomic E-state index is 0.0432. The molecule has 4 aromatic rings. The average molecular weight is 412 g/mol. The van der Waals surface area contributed by atoms with Gasteiger partial charge in [-0.15, -0.1) is 0 Å². The molecule has 1 unspecified atom stereocenters. The molecule has 0 spiro atoms. The number of aryl methyl sites for hydroxylation is 3. The fraction of sp³-hybridized carbons (Fsp3) is 0.259. The van der Waals surface area contributed by atoms with E-state index in [0.29, 0.717) is 6.42 Å². The molecule has 1 atom stereocenters. The molecule has 0 aliphatic carbocycles. The fourth-order valence-corrected chi connectivity index (χ4v) is 4.01. The van der Waals surface area contributed by atoms with Gasteiger partial charge in [0.05, 0.1) is 17.1 Å². The third-order valence-electron chi connectivity index (χ3n) is 5.77. The Bertz CT molecular complexity index is 1190. The normalized spacial score (nSPS) is 12.1. The fourth-order valence-electron chi connectivity index (χ4n) is 4.01. The SMILES string of the molecule is Cc1ccc(C)c(Cn2c(C(C)NC(=O)CCc3ccccc3)nc3ccccc32)c1. The molecule has 0 aliphatic heterocycles.